The number of nitrogens with one attached hydrogen (secondary N) is 2. The van der Waals surface area contributed by atoms with Crippen LogP contribution in [0.25, 0.3) is 0 Å². The molecule has 0 bridgehead atoms. The molecular weight excluding hydrogens is 435 g/mol. The molecule has 0 atom stereocenters. The van der Waals surface area contributed by atoms with Crippen LogP contribution in [0.5, 0.6) is 11.5 Å². The van der Waals surface area contributed by atoms with Gasteiger partial charge >= 0.3 is 0 Å². The van der Waals surface area contributed by atoms with Crippen LogP contribution in [0.15, 0.2) is 59.5 Å². The van der Waals surface area contributed by atoms with Crippen molar-refractivity contribution in [3.05, 3.63) is 75.8 Å². The summed E-state index contributed by atoms with van der Waals surface area (Å²) >= 11 is 12.0. The van der Waals surface area contributed by atoms with E-state index in [4.69, 9.17) is 27.9 Å². The van der Waals surface area contributed by atoms with Crippen molar-refractivity contribution in [1.82, 2.24) is 0 Å². The van der Waals surface area contributed by atoms with Gasteiger partial charge in [-0.05, 0) is 61.0 Å². The minimum Gasteiger partial charge on any atom is -0.454 e. The summed E-state index contributed by atoms with van der Waals surface area (Å²) in [5.74, 6) is 0.288. The quantitative estimate of drug-likeness (QED) is 0.556. The lowest BCUT2D eigenvalue weighted by molar-refractivity contribution is 0.102. The summed E-state index contributed by atoms with van der Waals surface area (Å²) in [7, 11) is -3.90. The molecule has 9 heteroatoms. The summed E-state index contributed by atoms with van der Waals surface area (Å²) in [6.07, 6.45) is 0. The molecule has 0 aromatic heterocycles. The fraction of sp³-hybridized carbons (Fsp3) is 0.0500. The third-order valence-corrected chi connectivity index (χ3v) is 6.56. The van der Waals surface area contributed by atoms with E-state index >= 15 is 0 Å². The summed E-state index contributed by atoms with van der Waals surface area (Å²) < 4.78 is 33.9. The molecular formula is C20H14Cl2N2O4S. The van der Waals surface area contributed by atoms with E-state index in [1.54, 1.807) is 37.3 Å². The largest absolute Gasteiger partial charge is 0.454 e. The SMILES string of the molecule is Cc1c(Cl)cccc1S(=O)(=O)Nc1ccc2c(c1)C(=O)Nc1cc(Cl)ccc1O2. The normalized spacial score (nSPS) is 12.9. The number of carbonyl (C=O) groups is 1. The highest BCUT2D eigenvalue weighted by Gasteiger charge is 2.23. The predicted molar refractivity (Wildman–Crippen MR) is 113 cm³/mol. The second-order valence-corrected chi connectivity index (χ2v) is 8.87. The number of hydrogen-bond acceptors (Lipinski definition) is 4. The number of fused-ring (bicyclic) bond motifs is 2. The first-order chi connectivity index (χ1) is 13.7. The molecule has 0 saturated carbocycles. The molecule has 0 spiro atoms. The lowest BCUT2D eigenvalue weighted by atomic mass is 10.1. The lowest BCUT2D eigenvalue weighted by Crippen LogP contribution is -2.15. The summed E-state index contributed by atoms with van der Waals surface area (Å²) in [5.41, 5.74) is 1.26. The minimum absolute atomic E-state index is 0.0580. The molecule has 3 aromatic rings. The van der Waals surface area contributed by atoms with E-state index in [-0.39, 0.29) is 16.1 Å². The van der Waals surface area contributed by atoms with E-state index in [9.17, 15) is 13.2 Å². The van der Waals surface area contributed by atoms with Crippen LogP contribution in [0.3, 0.4) is 0 Å². The average molecular weight is 449 g/mol. The fourth-order valence-corrected chi connectivity index (χ4v) is 4.67. The minimum atomic E-state index is -3.90. The van der Waals surface area contributed by atoms with Crippen molar-refractivity contribution in [3.8, 4) is 11.5 Å². The highest BCUT2D eigenvalue weighted by atomic mass is 35.5. The van der Waals surface area contributed by atoms with Crippen molar-refractivity contribution in [1.29, 1.82) is 0 Å². The molecule has 0 unspecified atom stereocenters. The fourth-order valence-electron chi connectivity index (χ4n) is 2.95. The van der Waals surface area contributed by atoms with Gasteiger partial charge in [-0.15, -0.1) is 0 Å². The maximum absolute atomic E-state index is 12.8. The van der Waals surface area contributed by atoms with Gasteiger partial charge in [0.15, 0.2) is 5.75 Å². The molecule has 6 nitrogen and oxygen atoms in total. The van der Waals surface area contributed by atoms with E-state index in [2.05, 4.69) is 10.0 Å². The summed E-state index contributed by atoms with van der Waals surface area (Å²) in [5, 5.41) is 3.51. The van der Waals surface area contributed by atoms with E-state index in [0.29, 0.717) is 32.8 Å². The zero-order chi connectivity index (χ0) is 20.8. The zero-order valence-corrected chi connectivity index (χ0v) is 17.3. The Balaban J connectivity index is 1.69. The Labute approximate surface area is 177 Å². The number of rotatable bonds is 3. The summed E-state index contributed by atoms with van der Waals surface area (Å²) in [4.78, 5) is 12.7. The van der Waals surface area contributed by atoms with Gasteiger partial charge in [0.25, 0.3) is 15.9 Å². The summed E-state index contributed by atoms with van der Waals surface area (Å²) in [6, 6.07) is 14.0. The molecule has 29 heavy (non-hydrogen) atoms. The van der Waals surface area contributed by atoms with Gasteiger partial charge in [0, 0.05) is 15.7 Å². The number of benzene rings is 3. The maximum atomic E-state index is 12.8. The Hall–Kier alpha value is -2.74. The molecule has 2 N–H and O–H groups in total. The van der Waals surface area contributed by atoms with Crippen LogP contribution >= 0.6 is 23.2 Å². The first kappa shape index (κ1) is 19.6. The third-order valence-electron chi connectivity index (χ3n) is 4.39. The van der Waals surface area contributed by atoms with Gasteiger partial charge in [-0.3, -0.25) is 9.52 Å². The number of halogens is 2. The molecule has 0 radical (unpaired) electrons. The van der Waals surface area contributed by atoms with Gasteiger partial charge in [-0.25, -0.2) is 8.42 Å². The van der Waals surface area contributed by atoms with Gasteiger partial charge in [0.05, 0.1) is 16.1 Å². The van der Waals surface area contributed by atoms with Crippen LogP contribution in [0.1, 0.15) is 15.9 Å². The number of ether oxygens (including phenoxy) is 1. The second kappa shape index (κ2) is 7.26. The highest BCUT2D eigenvalue weighted by Crippen LogP contribution is 2.38. The molecule has 4 rings (SSSR count). The van der Waals surface area contributed by atoms with Gasteiger partial charge < -0.3 is 10.1 Å². The Morgan fingerprint density at radius 3 is 2.55 bits per heavy atom. The van der Waals surface area contributed by atoms with Crippen LogP contribution in [0.4, 0.5) is 11.4 Å². The Bertz CT molecular complexity index is 1260. The Morgan fingerprint density at radius 1 is 1.00 bits per heavy atom. The molecule has 0 saturated heterocycles. The van der Waals surface area contributed by atoms with Crippen LogP contribution < -0.4 is 14.8 Å². The molecule has 0 aliphatic carbocycles. The van der Waals surface area contributed by atoms with Gasteiger partial charge in [0.1, 0.15) is 5.75 Å². The smallest absolute Gasteiger partial charge is 0.262 e. The van der Waals surface area contributed by atoms with E-state index in [1.807, 2.05) is 0 Å². The molecule has 1 amide bonds. The molecule has 3 aromatic carbocycles. The third kappa shape index (κ3) is 3.76. The van der Waals surface area contributed by atoms with Crippen molar-refractivity contribution in [2.24, 2.45) is 0 Å². The topological polar surface area (TPSA) is 84.5 Å². The summed E-state index contributed by atoms with van der Waals surface area (Å²) in [6.45, 7) is 1.62. The first-order valence-corrected chi connectivity index (χ1v) is 10.7. The Kier molecular flexibility index (Phi) is 4.90. The molecule has 0 fully saturated rings. The van der Waals surface area contributed by atoms with Crippen LogP contribution in [0.2, 0.25) is 10.0 Å². The molecule has 1 aliphatic rings. The highest BCUT2D eigenvalue weighted by molar-refractivity contribution is 7.92. The van der Waals surface area contributed by atoms with Gasteiger partial charge in [0.2, 0.25) is 0 Å². The maximum Gasteiger partial charge on any atom is 0.262 e. The first-order valence-electron chi connectivity index (χ1n) is 8.45. The van der Waals surface area contributed by atoms with Crippen molar-refractivity contribution in [3.63, 3.8) is 0 Å². The van der Waals surface area contributed by atoms with E-state index < -0.39 is 15.9 Å². The molecule has 148 valence electrons. The van der Waals surface area contributed by atoms with Crippen molar-refractivity contribution >= 4 is 50.5 Å². The monoisotopic (exact) mass is 448 g/mol. The number of amides is 1. The van der Waals surface area contributed by atoms with Gasteiger partial charge in [-0.2, -0.15) is 0 Å². The lowest BCUT2D eigenvalue weighted by Gasteiger charge is -2.13. The van der Waals surface area contributed by atoms with Crippen molar-refractivity contribution in [2.45, 2.75) is 11.8 Å². The van der Waals surface area contributed by atoms with Crippen LogP contribution in [-0.4, -0.2) is 14.3 Å². The van der Waals surface area contributed by atoms with Crippen LogP contribution in [0, 0.1) is 6.92 Å². The number of sulfonamides is 1. The zero-order valence-electron chi connectivity index (χ0n) is 15.0. The van der Waals surface area contributed by atoms with Crippen LogP contribution in [-0.2, 0) is 10.0 Å². The van der Waals surface area contributed by atoms with Gasteiger partial charge in [-0.1, -0.05) is 29.3 Å². The standard InChI is InChI=1S/C20H14Cl2N2O4S/c1-11-15(22)3-2-4-19(11)29(26,27)24-13-6-8-17-14(10-13)20(25)23-16-9-12(21)5-7-18(16)28-17/h2-10,24H,1H3,(H,23,25). The average Bonchev–Trinajstić information content (AvgIpc) is 2.79. The number of carbonyl (C=O) groups excluding carboxylic acids is 1. The van der Waals surface area contributed by atoms with E-state index in [0.717, 1.165) is 0 Å². The number of hydrogen-bond donors (Lipinski definition) is 2. The Morgan fingerprint density at radius 2 is 1.76 bits per heavy atom. The van der Waals surface area contributed by atoms with E-state index in [1.165, 1.54) is 24.3 Å². The van der Waals surface area contributed by atoms with Crippen molar-refractivity contribution < 1.29 is 17.9 Å². The predicted octanol–water partition coefficient (Wildman–Crippen LogP) is 5.46. The number of anilines is 2. The molecule has 1 heterocycles. The van der Waals surface area contributed by atoms with Crippen molar-refractivity contribution in [2.75, 3.05) is 10.0 Å². The molecule has 1 aliphatic heterocycles. The second-order valence-electron chi connectivity index (χ2n) is 6.38.